The normalized spacial score (nSPS) is 11.4. The highest BCUT2D eigenvalue weighted by molar-refractivity contribution is 7.99. The highest BCUT2D eigenvalue weighted by atomic mass is 32.2. The molecule has 0 N–H and O–H groups in total. The van der Waals surface area contributed by atoms with Crippen LogP contribution in [-0.2, 0) is 6.42 Å². The van der Waals surface area contributed by atoms with E-state index in [0.717, 1.165) is 41.3 Å². The number of hydrogen-bond acceptors (Lipinski definition) is 3. The molecular weight excluding hydrogens is 252 g/mol. The van der Waals surface area contributed by atoms with Crippen LogP contribution in [-0.4, -0.2) is 10.7 Å². The molecule has 0 aliphatic heterocycles. The first kappa shape index (κ1) is 16.0. The Balaban J connectivity index is 2.84. The van der Waals surface area contributed by atoms with Gasteiger partial charge in [-0.2, -0.15) is 5.26 Å². The fourth-order valence-electron chi connectivity index (χ4n) is 1.79. The lowest BCUT2D eigenvalue weighted by Crippen LogP contribution is -2.06. The summed E-state index contributed by atoms with van der Waals surface area (Å²) in [6.45, 7) is 10.9. The van der Waals surface area contributed by atoms with E-state index in [1.165, 1.54) is 5.56 Å². The Kier molecular flexibility index (Phi) is 5.87. The van der Waals surface area contributed by atoms with E-state index in [4.69, 9.17) is 0 Å². The van der Waals surface area contributed by atoms with Crippen molar-refractivity contribution in [3.63, 3.8) is 0 Å². The standard InChI is InChI=1S/C16H24N2S/c1-6-7-13-10-14(11-17)15(18-12(13)2)19-9-8-16(3,4)5/h10H,6-9H2,1-5H3. The summed E-state index contributed by atoms with van der Waals surface area (Å²) in [4.78, 5) is 4.62. The van der Waals surface area contributed by atoms with E-state index in [1.807, 2.05) is 13.0 Å². The first-order chi connectivity index (χ1) is 8.87. The maximum absolute atomic E-state index is 9.26. The van der Waals surface area contributed by atoms with E-state index in [0.29, 0.717) is 5.41 Å². The minimum Gasteiger partial charge on any atom is -0.245 e. The molecule has 0 saturated heterocycles. The van der Waals surface area contributed by atoms with Crippen molar-refractivity contribution in [1.29, 1.82) is 5.26 Å². The summed E-state index contributed by atoms with van der Waals surface area (Å²) in [5, 5.41) is 10.2. The Morgan fingerprint density at radius 3 is 2.58 bits per heavy atom. The second kappa shape index (κ2) is 6.96. The van der Waals surface area contributed by atoms with E-state index in [9.17, 15) is 5.26 Å². The highest BCUT2D eigenvalue weighted by Gasteiger charge is 2.13. The molecule has 1 heterocycles. The molecule has 0 saturated carbocycles. The third-order valence-corrected chi connectivity index (χ3v) is 4.01. The summed E-state index contributed by atoms with van der Waals surface area (Å²) >= 11 is 1.71. The van der Waals surface area contributed by atoms with Gasteiger partial charge in [-0.3, -0.25) is 0 Å². The van der Waals surface area contributed by atoms with Gasteiger partial charge in [0.15, 0.2) is 0 Å². The van der Waals surface area contributed by atoms with Crippen LogP contribution in [0, 0.1) is 23.7 Å². The quantitative estimate of drug-likeness (QED) is 0.729. The third-order valence-electron chi connectivity index (χ3n) is 3.01. The van der Waals surface area contributed by atoms with Crippen molar-refractivity contribution in [1.82, 2.24) is 4.98 Å². The van der Waals surface area contributed by atoms with Gasteiger partial charge in [0.2, 0.25) is 0 Å². The molecule has 1 rings (SSSR count). The number of pyridine rings is 1. The number of nitrogens with zero attached hydrogens (tertiary/aromatic N) is 2. The molecule has 0 bridgehead atoms. The molecule has 0 aliphatic rings. The van der Waals surface area contributed by atoms with Crippen molar-refractivity contribution >= 4 is 11.8 Å². The molecule has 19 heavy (non-hydrogen) atoms. The van der Waals surface area contributed by atoms with Crippen LogP contribution in [0.1, 0.15) is 57.4 Å². The smallest absolute Gasteiger partial charge is 0.114 e. The molecule has 0 amide bonds. The minimum absolute atomic E-state index is 0.330. The van der Waals surface area contributed by atoms with Crippen LogP contribution in [0.25, 0.3) is 0 Å². The first-order valence-electron chi connectivity index (χ1n) is 6.91. The predicted molar refractivity (Wildman–Crippen MR) is 82.5 cm³/mol. The third kappa shape index (κ3) is 5.24. The van der Waals surface area contributed by atoms with E-state index in [2.05, 4.69) is 38.7 Å². The van der Waals surface area contributed by atoms with Crippen molar-refractivity contribution in [2.75, 3.05) is 5.75 Å². The lowest BCUT2D eigenvalue weighted by Gasteiger charge is -2.17. The number of aryl methyl sites for hydroxylation is 2. The molecule has 104 valence electrons. The summed E-state index contributed by atoms with van der Waals surface area (Å²) in [5.74, 6) is 1.01. The van der Waals surface area contributed by atoms with Crippen LogP contribution in [0.2, 0.25) is 0 Å². The summed E-state index contributed by atoms with van der Waals surface area (Å²) < 4.78 is 0. The lowest BCUT2D eigenvalue weighted by atomic mass is 9.94. The molecule has 2 nitrogen and oxygen atoms in total. The SMILES string of the molecule is CCCc1cc(C#N)c(SCCC(C)(C)C)nc1C. The van der Waals surface area contributed by atoms with Gasteiger partial charge >= 0.3 is 0 Å². The molecule has 0 unspecified atom stereocenters. The Bertz CT molecular complexity index is 467. The summed E-state index contributed by atoms with van der Waals surface area (Å²) in [6.07, 6.45) is 3.21. The molecular formula is C16H24N2S. The Morgan fingerprint density at radius 1 is 1.37 bits per heavy atom. The van der Waals surface area contributed by atoms with Crippen LogP contribution in [0.3, 0.4) is 0 Å². The monoisotopic (exact) mass is 276 g/mol. The van der Waals surface area contributed by atoms with Gasteiger partial charge in [-0.05, 0) is 36.8 Å². The lowest BCUT2D eigenvalue weighted by molar-refractivity contribution is 0.401. The zero-order chi connectivity index (χ0) is 14.5. The Hall–Kier alpha value is -1.01. The molecule has 0 aliphatic carbocycles. The van der Waals surface area contributed by atoms with Crippen molar-refractivity contribution in [2.45, 2.75) is 58.9 Å². The van der Waals surface area contributed by atoms with Crippen LogP contribution in [0.15, 0.2) is 11.1 Å². The molecule has 0 fully saturated rings. The molecule has 0 aromatic carbocycles. The summed E-state index contributed by atoms with van der Waals surface area (Å²) in [6, 6.07) is 4.31. The number of aromatic nitrogens is 1. The molecule has 1 aromatic rings. The van der Waals surface area contributed by atoms with Gasteiger partial charge in [0, 0.05) is 11.4 Å². The number of nitriles is 1. The van der Waals surface area contributed by atoms with E-state index >= 15 is 0 Å². The van der Waals surface area contributed by atoms with Crippen molar-refractivity contribution in [3.05, 3.63) is 22.9 Å². The second-order valence-electron chi connectivity index (χ2n) is 6.11. The summed E-state index contributed by atoms with van der Waals surface area (Å²) in [5.41, 5.74) is 3.34. The number of thioether (sulfide) groups is 1. The van der Waals surface area contributed by atoms with Crippen LogP contribution >= 0.6 is 11.8 Å². The van der Waals surface area contributed by atoms with Gasteiger partial charge in [-0.1, -0.05) is 34.1 Å². The van der Waals surface area contributed by atoms with Crippen molar-refractivity contribution in [2.24, 2.45) is 5.41 Å². The van der Waals surface area contributed by atoms with E-state index in [1.54, 1.807) is 11.8 Å². The van der Waals surface area contributed by atoms with Gasteiger partial charge in [-0.25, -0.2) is 4.98 Å². The maximum Gasteiger partial charge on any atom is 0.114 e. The fourth-order valence-corrected chi connectivity index (χ4v) is 3.16. The molecule has 0 radical (unpaired) electrons. The summed E-state index contributed by atoms with van der Waals surface area (Å²) in [7, 11) is 0. The predicted octanol–water partition coefficient (Wildman–Crippen LogP) is 4.74. The van der Waals surface area contributed by atoms with E-state index in [-0.39, 0.29) is 0 Å². The van der Waals surface area contributed by atoms with Crippen LogP contribution in [0.5, 0.6) is 0 Å². The zero-order valence-corrected chi connectivity index (χ0v) is 13.5. The van der Waals surface area contributed by atoms with Gasteiger partial charge in [0.25, 0.3) is 0 Å². The van der Waals surface area contributed by atoms with Gasteiger partial charge < -0.3 is 0 Å². The number of hydrogen-bond donors (Lipinski definition) is 0. The Labute approximate surface area is 121 Å². The second-order valence-corrected chi connectivity index (χ2v) is 7.19. The van der Waals surface area contributed by atoms with Crippen molar-refractivity contribution < 1.29 is 0 Å². The molecule has 3 heteroatoms. The van der Waals surface area contributed by atoms with Gasteiger partial charge in [0.05, 0.1) is 5.56 Å². The van der Waals surface area contributed by atoms with Crippen molar-refractivity contribution in [3.8, 4) is 6.07 Å². The van der Waals surface area contributed by atoms with Crippen LogP contribution in [0.4, 0.5) is 0 Å². The van der Waals surface area contributed by atoms with Gasteiger partial charge in [-0.15, -0.1) is 11.8 Å². The van der Waals surface area contributed by atoms with E-state index < -0.39 is 0 Å². The zero-order valence-electron chi connectivity index (χ0n) is 12.7. The average Bonchev–Trinajstić information content (AvgIpc) is 2.31. The molecule has 0 atom stereocenters. The van der Waals surface area contributed by atoms with Gasteiger partial charge in [0.1, 0.15) is 11.1 Å². The largest absolute Gasteiger partial charge is 0.245 e. The first-order valence-corrected chi connectivity index (χ1v) is 7.89. The molecule has 1 aromatic heterocycles. The molecule has 0 spiro atoms. The maximum atomic E-state index is 9.26. The topological polar surface area (TPSA) is 36.7 Å². The Morgan fingerprint density at radius 2 is 2.05 bits per heavy atom. The average molecular weight is 276 g/mol. The fraction of sp³-hybridized carbons (Fsp3) is 0.625. The minimum atomic E-state index is 0.330. The highest BCUT2D eigenvalue weighted by Crippen LogP contribution is 2.28. The number of rotatable bonds is 5. The van der Waals surface area contributed by atoms with Crippen LogP contribution < -0.4 is 0 Å².